The Labute approximate surface area is 82.2 Å². The van der Waals surface area contributed by atoms with Gasteiger partial charge in [-0.2, -0.15) is 0 Å². The number of methoxy groups -OCH3 is 1. The van der Waals surface area contributed by atoms with Crippen molar-refractivity contribution in [2.45, 2.75) is 32.2 Å². The van der Waals surface area contributed by atoms with Crippen LogP contribution >= 0.6 is 0 Å². The zero-order valence-corrected chi connectivity index (χ0v) is 9.25. The van der Waals surface area contributed by atoms with E-state index in [1.54, 1.807) is 7.11 Å². The van der Waals surface area contributed by atoms with Gasteiger partial charge in [0.15, 0.2) is 0 Å². The molecule has 0 amide bonds. The minimum atomic E-state index is 0.543. The summed E-state index contributed by atoms with van der Waals surface area (Å²) in [6, 6.07) is 0.543. The number of ether oxygens (including phenoxy) is 1. The molecule has 0 aromatic heterocycles. The van der Waals surface area contributed by atoms with E-state index < -0.39 is 0 Å². The molecule has 3 nitrogen and oxygen atoms in total. The molecule has 0 rings (SSSR count). The minimum Gasteiger partial charge on any atom is -0.385 e. The average molecular weight is 188 g/mol. The van der Waals surface area contributed by atoms with Gasteiger partial charge in [-0.1, -0.05) is 13.3 Å². The number of nitrogens with two attached hydrogens (primary N) is 1. The fourth-order valence-electron chi connectivity index (χ4n) is 1.49. The molecule has 0 saturated carbocycles. The Morgan fingerprint density at radius 1 is 1.46 bits per heavy atom. The molecule has 2 N–H and O–H groups in total. The van der Waals surface area contributed by atoms with Gasteiger partial charge in [0.2, 0.25) is 0 Å². The second-order valence-corrected chi connectivity index (χ2v) is 3.51. The summed E-state index contributed by atoms with van der Waals surface area (Å²) in [5.74, 6) is 0. The zero-order chi connectivity index (χ0) is 10.1. The molecule has 0 spiro atoms. The van der Waals surface area contributed by atoms with E-state index >= 15 is 0 Å². The number of nitrogens with zero attached hydrogens (tertiary/aromatic N) is 1. The maximum atomic E-state index is 5.69. The van der Waals surface area contributed by atoms with Gasteiger partial charge in [0.25, 0.3) is 0 Å². The molecule has 0 fully saturated rings. The van der Waals surface area contributed by atoms with E-state index in [9.17, 15) is 0 Å². The average Bonchev–Trinajstić information content (AvgIpc) is 2.14. The van der Waals surface area contributed by atoms with Gasteiger partial charge in [-0.3, -0.25) is 0 Å². The molecule has 0 radical (unpaired) electrons. The van der Waals surface area contributed by atoms with Crippen LogP contribution in [0.15, 0.2) is 0 Å². The zero-order valence-electron chi connectivity index (χ0n) is 9.25. The largest absolute Gasteiger partial charge is 0.385 e. The van der Waals surface area contributed by atoms with Crippen LogP contribution < -0.4 is 5.73 Å². The first-order valence-corrected chi connectivity index (χ1v) is 5.15. The lowest BCUT2D eigenvalue weighted by molar-refractivity contribution is 0.163. The fourth-order valence-corrected chi connectivity index (χ4v) is 1.49. The second-order valence-electron chi connectivity index (χ2n) is 3.51. The molecule has 0 saturated heterocycles. The Morgan fingerprint density at radius 3 is 2.62 bits per heavy atom. The standard InChI is InChI=1S/C10H24N2O/c1-4-6-10(9-11)12(2)7-5-8-13-3/h10H,4-9,11H2,1-3H3. The summed E-state index contributed by atoms with van der Waals surface area (Å²) in [5, 5.41) is 0. The first kappa shape index (κ1) is 12.9. The maximum absolute atomic E-state index is 5.69. The lowest BCUT2D eigenvalue weighted by Gasteiger charge is -2.26. The van der Waals surface area contributed by atoms with Crippen molar-refractivity contribution in [2.24, 2.45) is 5.73 Å². The molecule has 13 heavy (non-hydrogen) atoms. The van der Waals surface area contributed by atoms with Crippen LogP contribution in [0.2, 0.25) is 0 Å². The van der Waals surface area contributed by atoms with E-state index in [4.69, 9.17) is 10.5 Å². The SMILES string of the molecule is CCCC(CN)N(C)CCCOC. The van der Waals surface area contributed by atoms with Gasteiger partial charge in [-0.25, -0.2) is 0 Å². The van der Waals surface area contributed by atoms with Gasteiger partial charge >= 0.3 is 0 Å². The van der Waals surface area contributed by atoms with Crippen molar-refractivity contribution in [2.75, 3.05) is 33.9 Å². The predicted molar refractivity (Wildman–Crippen MR) is 56.9 cm³/mol. The third-order valence-electron chi connectivity index (χ3n) is 2.38. The van der Waals surface area contributed by atoms with Crippen LogP contribution in [-0.4, -0.2) is 44.8 Å². The smallest absolute Gasteiger partial charge is 0.0474 e. The highest BCUT2D eigenvalue weighted by Gasteiger charge is 2.10. The topological polar surface area (TPSA) is 38.5 Å². The summed E-state index contributed by atoms with van der Waals surface area (Å²) in [7, 11) is 3.88. The van der Waals surface area contributed by atoms with Crippen molar-refractivity contribution in [3.05, 3.63) is 0 Å². The second kappa shape index (κ2) is 8.48. The first-order valence-electron chi connectivity index (χ1n) is 5.15. The monoisotopic (exact) mass is 188 g/mol. The summed E-state index contributed by atoms with van der Waals surface area (Å²) in [5.41, 5.74) is 5.69. The molecule has 0 aromatic rings. The molecule has 0 aromatic carbocycles. The maximum Gasteiger partial charge on any atom is 0.0474 e. The van der Waals surface area contributed by atoms with Gasteiger partial charge in [-0.05, 0) is 19.9 Å². The van der Waals surface area contributed by atoms with Crippen LogP contribution in [0, 0.1) is 0 Å². The molecular weight excluding hydrogens is 164 g/mol. The van der Waals surface area contributed by atoms with Crippen LogP contribution in [0.1, 0.15) is 26.2 Å². The molecule has 0 aliphatic heterocycles. The van der Waals surface area contributed by atoms with E-state index in [0.717, 1.165) is 26.1 Å². The van der Waals surface area contributed by atoms with E-state index in [2.05, 4.69) is 18.9 Å². The fraction of sp³-hybridized carbons (Fsp3) is 1.00. The number of rotatable bonds is 8. The molecule has 1 atom stereocenters. The Kier molecular flexibility index (Phi) is 8.40. The van der Waals surface area contributed by atoms with Crippen molar-refractivity contribution >= 4 is 0 Å². The number of likely N-dealkylation sites (N-methyl/N-ethyl adjacent to an activating group) is 1. The highest BCUT2D eigenvalue weighted by Crippen LogP contribution is 2.03. The third-order valence-corrected chi connectivity index (χ3v) is 2.38. The Hall–Kier alpha value is -0.120. The summed E-state index contributed by atoms with van der Waals surface area (Å²) in [6.07, 6.45) is 3.49. The van der Waals surface area contributed by atoms with Crippen LogP contribution in [-0.2, 0) is 4.74 Å². The lowest BCUT2D eigenvalue weighted by atomic mass is 10.1. The van der Waals surface area contributed by atoms with Gasteiger partial charge in [0, 0.05) is 32.8 Å². The number of hydrogen-bond donors (Lipinski definition) is 1. The van der Waals surface area contributed by atoms with E-state index in [1.807, 2.05) is 0 Å². The molecule has 0 aliphatic carbocycles. The molecule has 0 heterocycles. The molecule has 1 unspecified atom stereocenters. The summed E-state index contributed by atoms with van der Waals surface area (Å²) < 4.78 is 5.01. The summed E-state index contributed by atoms with van der Waals surface area (Å²) in [4.78, 5) is 2.34. The van der Waals surface area contributed by atoms with Crippen molar-refractivity contribution in [1.82, 2.24) is 4.90 Å². The van der Waals surface area contributed by atoms with Gasteiger partial charge in [0.05, 0.1) is 0 Å². The van der Waals surface area contributed by atoms with E-state index in [1.165, 1.54) is 12.8 Å². The molecule has 0 bridgehead atoms. The van der Waals surface area contributed by atoms with Gasteiger partial charge in [-0.15, -0.1) is 0 Å². The molecular formula is C10H24N2O. The first-order chi connectivity index (χ1) is 6.26. The summed E-state index contributed by atoms with van der Waals surface area (Å²) >= 11 is 0. The van der Waals surface area contributed by atoms with Crippen LogP contribution in [0.25, 0.3) is 0 Å². The minimum absolute atomic E-state index is 0.543. The predicted octanol–water partition coefficient (Wildman–Crippen LogP) is 1.08. The highest BCUT2D eigenvalue weighted by molar-refractivity contribution is 4.68. The van der Waals surface area contributed by atoms with Crippen molar-refractivity contribution in [3.8, 4) is 0 Å². The molecule has 80 valence electrons. The van der Waals surface area contributed by atoms with Crippen molar-refractivity contribution < 1.29 is 4.74 Å². The van der Waals surface area contributed by atoms with Gasteiger partial charge < -0.3 is 15.4 Å². The highest BCUT2D eigenvalue weighted by atomic mass is 16.5. The van der Waals surface area contributed by atoms with Crippen LogP contribution in [0.3, 0.4) is 0 Å². The van der Waals surface area contributed by atoms with Crippen LogP contribution in [0.4, 0.5) is 0 Å². The summed E-state index contributed by atoms with van der Waals surface area (Å²) in [6.45, 7) is 4.88. The van der Waals surface area contributed by atoms with Gasteiger partial charge in [0.1, 0.15) is 0 Å². The van der Waals surface area contributed by atoms with E-state index in [0.29, 0.717) is 6.04 Å². The molecule has 3 heteroatoms. The third kappa shape index (κ3) is 6.02. The normalized spacial score (nSPS) is 13.6. The lowest BCUT2D eigenvalue weighted by Crippen LogP contribution is -2.38. The molecule has 0 aliphatic rings. The van der Waals surface area contributed by atoms with Crippen molar-refractivity contribution in [3.63, 3.8) is 0 Å². The van der Waals surface area contributed by atoms with Crippen molar-refractivity contribution in [1.29, 1.82) is 0 Å². The Bertz CT molecular complexity index is 109. The Morgan fingerprint density at radius 2 is 2.15 bits per heavy atom. The Balaban J connectivity index is 3.57. The van der Waals surface area contributed by atoms with E-state index in [-0.39, 0.29) is 0 Å². The number of hydrogen-bond acceptors (Lipinski definition) is 3. The quantitative estimate of drug-likeness (QED) is 0.579. The van der Waals surface area contributed by atoms with Crippen LogP contribution in [0.5, 0.6) is 0 Å².